The Hall–Kier alpha value is -2.86. The highest BCUT2D eigenvalue weighted by Crippen LogP contribution is 2.41. The molecule has 0 radical (unpaired) electrons. The van der Waals surface area contributed by atoms with Crippen LogP contribution in [0.4, 0.5) is 0 Å². The third-order valence-corrected chi connectivity index (χ3v) is 4.84. The maximum absolute atomic E-state index is 11.7. The van der Waals surface area contributed by atoms with E-state index >= 15 is 0 Å². The van der Waals surface area contributed by atoms with E-state index in [1.54, 1.807) is 23.7 Å². The number of nitrogens with zero attached hydrogens (tertiary/aromatic N) is 1. The highest BCUT2D eigenvalue weighted by atomic mass is 16.5. The Morgan fingerprint density at radius 3 is 2.07 bits per heavy atom. The first kappa shape index (κ1) is 19.9. The van der Waals surface area contributed by atoms with Crippen LogP contribution in [0.25, 0.3) is 22.4 Å². The zero-order valence-electron chi connectivity index (χ0n) is 17.1. The number of phenols is 1. The Labute approximate surface area is 164 Å². The number of imidazole rings is 1. The number of phenolic OH excluding ortho intramolecular Hbond substituents is 1. The second-order valence-corrected chi connectivity index (χ2v) is 9.18. The zero-order chi connectivity index (χ0) is 20.9. The highest BCUT2D eigenvalue weighted by Gasteiger charge is 2.27. The molecule has 0 atom stereocenters. The zero-order valence-corrected chi connectivity index (χ0v) is 17.1. The SMILES string of the molecule is CC(C)(C)c1cc(-c2nc3ccc(C(=O)NO)cc3[nH]2)cc(C(C)(C)C)c1O. The number of hydrogen-bond donors (Lipinski definition) is 4. The van der Waals surface area contributed by atoms with Crippen molar-refractivity contribution < 1.29 is 15.1 Å². The predicted molar refractivity (Wildman–Crippen MR) is 110 cm³/mol. The molecule has 0 spiro atoms. The van der Waals surface area contributed by atoms with E-state index in [4.69, 9.17) is 5.21 Å². The number of hydrogen-bond acceptors (Lipinski definition) is 4. The van der Waals surface area contributed by atoms with Crippen LogP contribution in [0.1, 0.15) is 63.0 Å². The molecule has 0 aliphatic carbocycles. The summed E-state index contributed by atoms with van der Waals surface area (Å²) in [6.07, 6.45) is 0. The van der Waals surface area contributed by atoms with Gasteiger partial charge < -0.3 is 10.1 Å². The number of carbonyl (C=O) groups is 1. The number of nitrogens with one attached hydrogen (secondary N) is 2. The van der Waals surface area contributed by atoms with Gasteiger partial charge in [0.25, 0.3) is 5.91 Å². The first-order valence-corrected chi connectivity index (χ1v) is 9.24. The van der Waals surface area contributed by atoms with Crippen LogP contribution < -0.4 is 5.48 Å². The number of aromatic amines is 1. The Kier molecular flexibility index (Phi) is 4.71. The second-order valence-electron chi connectivity index (χ2n) is 9.18. The maximum Gasteiger partial charge on any atom is 0.274 e. The second kappa shape index (κ2) is 6.63. The summed E-state index contributed by atoms with van der Waals surface area (Å²) in [5.74, 6) is 0.405. The molecule has 2 aromatic carbocycles. The molecule has 3 rings (SSSR count). The minimum Gasteiger partial charge on any atom is -0.507 e. The number of carbonyl (C=O) groups excluding carboxylic acids is 1. The number of H-pyrrole nitrogens is 1. The van der Waals surface area contributed by atoms with Gasteiger partial charge >= 0.3 is 0 Å². The van der Waals surface area contributed by atoms with E-state index in [0.717, 1.165) is 16.7 Å². The molecule has 1 heterocycles. The number of rotatable bonds is 2. The molecular formula is C22H27N3O3. The van der Waals surface area contributed by atoms with Crippen LogP contribution >= 0.6 is 0 Å². The van der Waals surface area contributed by atoms with Gasteiger partial charge in [0, 0.05) is 22.3 Å². The molecule has 1 amide bonds. The number of fused-ring (bicyclic) bond motifs is 1. The van der Waals surface area contributed by atoms with Crippen molar-refractivity contribution in [2.75, 3.05) is 0 Å². The van der Waals surface area contributed by atoms with E-state index in [9.17, 15) is 9.90 Å². The van der Waals surface area contributed by atoms with Gasteiger partial charge in [-0.2, -0.15) is 0 Å². The summed E-state index contributed by atoms with van der Waals surface area (Å²) in [4.78, 5) is 19.6. The summed E-state index contributed by atoms with van der Waals surface area (Å²) in [7, 11) is 0. The molecule has 0 aliphatic rings. The first-order valence-electron chi connectivity index (χ1n) is 9.24. The lowest BCUT2D eigenvalue weighted by Crippen LogP contribution is -2.18. The molecule has 0 aliphatic heterocycles. The van der Waals surface area contributed by atoms with Crippen molar-refractivity contribution in [3.05, 3.63) is 47.0 Å². The van der Waals surface area contributed by atoms with E-state index in [1.807, 2.05) is 12.1 Å². The van der Waals surface area contributed by atoms with Crippen molar-refractivity contribution >= 4 is 16.9 Å². The van der Waals surface area contributed by atoms with Crippen LogP contribution in [0.15, 0.2) is 30.3 Å². The van der Waals surface area contributed by atoms with Gasteiger partial charge in [-0.1, -0.05) is 41.5 Å². The summed E-state index contributed by atoms with van der Waals surface area (Å²) in [5, 5.41) is 19.7. The van der Waals surface area contributed by atoms with Crippen molar-refractivity contribution in [2.45, 2.75) is 52.4 Å². The molecule has 6 nitrogen and oxygen atoms in total. The van der Waals surface area contributed by atoms with Gasteiger partial charge in [-0.05, 0) is 41.2 Å². The fourth-order valence-corrected chi connectivity index (χ4v) is 3.27. The standard InChI is InChI=1S/C22H27N3O3/c1-21(2,3)14-9-13(10-15(18(14)26)22(4,5)6)19-23-16-8-7-12(20(27)25-28)11-17(16)24-19/h7-11,26,28H,1-6H3,(H,23,24)(H,25,27). The minimum absolute atomic E-state index is 0.238. The Balaban J connectivity index is 2.21. The number of aromatic hydroxyl groups is 1. The maximum atomic E-state index is 11.7. The van der Waals surface area contributed by atoms with Crippen LogP contribution in [-0.4, -0.2) is 26.2 Å². The summed E-state index contributed by atoms with van der Waals surface area (Å²) in [6.45, 7) is 12.4. The molecule has 0 saturated carbocycles. The fourth-order valence-electron chi connectivity index (χ4n) is 3.27. The number of aromatic nitrogens is 2. The quantitative estimate of drug-likeness (QED) is 0.384. The van der Waals surface area contributed by atoms with Crippen LogP contribution in [0.2, 0.25) is 0 Å². The van der Waals surface area contributed by atoms with E-state index < -0.39 is 5.91 Å². The lowest BCUT2D eigenvalue weighted by atomic mass is 9.78. The molecule has 3 aromatic rings. The van der Waals surface area contributed by atoms with Crippen LogP contribution in [0, 0.1) is 0 Å². The Morgan fingerprint density at radius 2 is 1.57 bits per heavy atom. The number of hydroxylamine groups is 1. The molecule has 28 heavy (non-hydrogen) atoms. The van der Waals surface area contributed by atoms with Crippen molar-refractivity contribution in [3.63, 3.8) is 0 Å². The monoisotopic (exact) mass is 381 g/mol. The molecule has 4 N–H and O–H groups in total. The third kappa shape index (κ3) is 3.60. The summed E-state index contributed by atoms with van der Waals surface area (Å²) >= 11 is 0. The number of benzene rings is 2. The predicted octanol–water partition coefficient (Wildman–Crippen LogP) is 4.65. The lowest BCUT2D eigenvalue weighted by molar-refractivity contribution is 0.0706. The van der Waals surface area contributed by atoms with Crippen molar-refractivity contribution in [1.82, 2.24) is 15.4 Å². The molecule has 0 bridgehead atoms. The molecule has 0 saturated heterocycles. The van der Waals surface area contributed by atoms with Crippen LogP contribution in [0.5, 0.6) is 5.75 Å². The smallest absolute Gasteiger partial charge is 0.274 e. The van der Waals surface area contributed by atoms with E-state index in [1.165, 1.54) is 0 Å². The molecular weight excluding hydrogens is 354 g/mol. The molecule has 148 valence electrons. The topological polar surface area (TPSA) is 98.2 Å². The van der Waals surface area contributed by atoms with Gasteiger partial charge in [-0.15, -0.1) is 0 Å². The molecule has 0 unspecified atom stereocenters. The Morgan fingerprint density at radius 1 is 1.00 bits per heavy atom. The van der Waals surface area contributed by atoms with Crippen LogP contribution in [-0.2, 0) is 10.8 Å². The van der Waals surface area contributed by atoms with Crippen molar-refractivity contribution in [3.8, 4) is 17.1 Å². The summed E-state index contributed by atoms with van der Waals surface area (Å²) in [6, 6.07) is 8.91. The van der Waals surface area contributed by atoms with E-state index in [-0.39, 0.29) is 10.8 Å². The highest BCUT2D eigenvalue weighted by molar-refractivity contribution is 5.97. The van der Waals surface area contributed by atoms with E-state index in [2.05, 4.69) is 51.5 Å². The van der Waals surface area contributed by atoms with Gasteiger partial charge in [0.1, 0.15) is 11.6 Å². The normalized spacial score (nSPS) is 12.4. The number of amides is 1. The van der Waals surface area contributed by atoms with Gasteiger partial charge in [0.05, 0.1) is 11.0 Å². The molecule has 1 aromatic heterocycles. The van der Waals surface area contributed by atoms with E-state index in [0.29, 0.717) is 28.2 Å². The Bertz CT molecular complexity index is 1020. The van der Waals surface area contributed by atoms with Crippen molar-refractivity contribution in [2.24, 2.45) is 0 Å². The summed E-state index contributed by atoms with van der Waals surface area (Å²) in [5.41, 5.74) is 5.49. The molecule has 0 fully saturated rings. The average molecular weight is 381 g/mol. The average Bonchev–Trinajstić information content (AvgIpc) is 3.02. The first-order chi connectivity index (χ1) is 12.9. The lowest BCUT2D eigenvalue weighted by Gasteiger charge is -2.28. The third-order valence-electron chi connectivity index (χ3n) is 4.84. The van der Waals surface area contributed by atoms with Gasteiger partial charge in [-0.3, -0.25) is 10.0 Å². The largest absolute Gasteiger partial charge is 0.507 e. The van der Waals surface area contributed by atoms with Gasteiger partial charge in [-0.25, -0.2) is 10.5 Å². The molecule has 6 heteroatoms. The minimum atomic E-state index is -0.576. The fraction of sp³-hybridized carbons (Fsp3) is 0.364. The van der Waals surface area contributed by atoms with Crippen molar-refractivity contribution in [1.29, 1.82) is 0 Å². The van der Waals surface area contributed by atoms with Gasteiger partial charge in [0.2, 0.25) is 0 Å². The van der Waals surface area contributed by atoms with Gasteiger partial charge in [0.15, 0.2) is 0 Å². The van der Waals surface area contributed by atoms with Crippen LogP contribution in [0.3, 0.4) is 0 Å². The summed E-state index contributed by atoms with van der Waals surface area (Å²) < 4.78 is 0.